The molecule has 1 amide bonds. The fourth-order valence-corrected chi connectivity index (χ4v) is 3.89. The number of benzene rings is 1. The number of carboxylic acid groups (broad SMARTS) is 1. The third-order valence-corrected chi connectivity index (χ3v) is 5.15. The van der Waals surface area contributed by atoms with Crippen molar-refractivity contribution in [3.05, 3.63) is 29.8 Å². The zero-order chi connectivity index (χ0) is 16.4. The predicted octanol–water partition coefficient (Wildman–Crippen LogP) is 2.86. The summed E-state index contributed by atoms with van der Waals surface area (Å²) in [5, 5.41) is 9.13. The summed E-state index contributed by atoms with van der Waals surface area (Å²) in [7, 11) is 1.64. The van der Waals surface area contributed by atoms with Crippen molar-refractivity contribution in [2.45, 2.75) is 38.1 Å². The second-order valence-corrected chi connectivity index (χ2v) is 6.51. The molecule has 3 atom stereocenters. The molecule has 1 aromatic carbocycles. The molecule has 5 nitrogen and oxygen atoms in total. The molecule has 1 aromatic rings. The van der Waals surface area contributed by atoms with Gasteiger partial charge in [0.15, 0.2) is 0 Å². The summed E-state index contributed by atoms with van der Waals surface area (Å²) in [6.45, 7) is 0.759. The van der Waals surface area contributed by atoms with E-state index in [0.29, 0.717) is 19.3 Å². The van der Waals surface area contributed by atoms with Gasteiger partial charge in [-0.25, -0.2) is 0 Å². The lowest BCUT2D eigenvalue weighted by Gasteiger charge is -2.28. The van der Waals surface area contributed by atoms with Crippen LogP contribution >= 0.6 is 0 Å². The summed E-state index contributed by atoms with van der Waals surface area (Å²) in [4.78, 5) is 25.9. The topological polar surface area (TPSA) is 66.8 Å². The zero-order valence-corrected chi connectivity index (χ0v) is 13.4. The number of rotatable bonds is 4. The molecule has 23 heavy (non-hydrogen) atoms. The SMILES string of the molecule is COc1cccc(C2CCCN2C(=O)[C@@H]2CC[C@H](C(=O)O)C2)c1. The Hall–Kier alpha value is -2.04. The summed E-state index contributed by atoms with van der Waals surface area (Å²) in [6.07, 6.45) is 3.73. The highest BCUT2D eigenvalue weighted by Crippen LogP contribution is 2.38. The van der Waals surface area contributed by atoms with Crippen LogP contribution in [0.1, 0.15) is 43.7 Å². The minimum atomic E-state index is -0.772. The van der Waals surface area contributed by atoms with E-state index in [2.05, 4.69) is 0 Å². The van der Waals surface area contributed by atoms with Gasteiger partial charge in [-0.15, -0.1) is 0 Å². The van der Waals surface area contributed by atoms with Crippen molar-refractivity contribution in [2.24, 2.45) is 11.8 Å². The number of amides is 1. The molecule has 5 heteroatoms. The Labute approximate surface area is 136 Å². The van der Waals surface area contributed by atoms with Crippen LogP contribution < -0.4 is 4.74 Å². The molecule has 0 aromatic heterocycles. The number of ether oxygens (including phenoxy) is 1. The molecule has 1 aliphatic heterocycles. The number of methoxy groups -OCH3 is 1. The Bertz CT molecular complexity index is 600. The number of carbonyl (C=O) groups excluding carboxylic acids is 1. The average molecular weight is 317 g/mol. The number of hydrogen-bond acceptors (Lipinski definition) is 3. The maximum absolute atomic E-state index is 12.9. The van der Waals surface area contributed by atoms with Crippen molar-refractivity contribution in [2.75, 3.05) is 13.7 Å². The molecule has 1 saturated carbocycles. The first kappa shape index (κ1) is 15.8. The first-order valence-corrected chi connectivity index (χ1v) is 8.27. The average Bonchev–Trinajstić information content (AvgIpc) is 3.23. The first-order valence-electron chi connectivity index (χ1n) is 8.27. The maximum atomic E-state index is 12.9. The Morgan fingerprint density at radius 2 is 2.00 bits per heavy atom. The Morgan fingerprint density at radius 1 is 1.22 bits per heavy atom. The molecular formula is C18H23NO4. The molecule has 1 heterocycles. The van der Waals surface area contributed by atoms with Crippen LogP contribution in [0.5, 0.6) is 5.75 Å². The molecule has 2 aliphatic rings. The van der Waals surface area contributed by atoms with Gasteiger partial charge in [-0.2, -0.15) is 0 Å². The number of nitrogens with zero attached hydrogens (tertiary/aromatic N) is 1. The number of aliphatic carboxylic acids is 1. The fraction of sp³-hybridized carbons (Fsp3) is 0.556. The quantitative estimate of drug-likeness (QED) is 0.927. The van der Waals surface area contributed by atoms with Crippen LogP contribution in [0.4, 0.5) is 0 Å². The Kier molecular flexibility index (Phi) is 4.55. The van der Waals surface area contributed by atoms with Crippen molar-refractivity contribution in [3.63, 3.8) is 0 Å². The van der Waals surface area contributed by atoms with Crippen LogP contribution in [-0.2, 0) is 9.59 Å². The highest BCUT2D eigenvalue weighted by Gasteiger charge is 2.39. The van der Waals surface area contributed by atoms with Crippen molar-refractivity contribution in [1.29, 1.82) is 0 Å². The normalized spacial score (nSPS) is 27.2. The fourth-order valence-electron chi connectivity index (χ4n) is 3.89. The molecule has 1 N–H and O–H groups in total. The standard InChI is InChI=1S/C18H23NO4/c1-23-15-5-2-4-12(11-15)16-6-3-9-19(16)17(20)13-7-8-14(10-13)18(21)22/h2,4-5,11,13-14,16H,3,6-10H2,1H3,(H,21,22)/t13-,14+,16?/m1/s1. The molecular weight excluding hydrogens is 294 g/mol. The van der Waals surface area contributed by atoms with Crippen LogP contribution in [0.3, 0.4) is 0 Å². The van der Waals surface area contributed by atoms with Gasteiger partial charge in [0.2, 0.25) is 5.91 Å². The second kappa shape index (κ2) is 6.60. The molecule has 0 spiro atoms. The summed E-state index contributed by atoms with van der Waals surface area (Å²) in [5.74, 6) is -0.345. The minimum absolute atomic E-state index is 0.0847. The second-order valence-electron chi connectivity index (χ2n) is 6.51. The largest absolute Gasteiger partial charge is 0.497 e. The summed E-state index contributed by atoms with van der Waals surface area (Å²) >= 11 is 0. The highest BCUT2D eigenvalue weighted by molar-refractivity contribution is 5.81. The van der Waals surface area contributed by atoms with Gasteiger partial charge >= 0.3 is 5.97 Å². The van der Waals surface area contributed by atoms with E-state index in [-0.39, 0.29) is 23.8 Å². The van der Waals surface area contributed by atoms with Crippen LogP contribution in [0.2, 0.25) is 0 Å². The highest BCUT2D eigenvalue weighted by atomic mass is 16.5. The van der Waals surface area contributed by atoms with E-state index in [9.17, 15) is 9.59 Å². The van der Waals surface area contributed by atoms with E-state index in [1.807, 2.05) is 29.2 Å². The number of likely N-dealkylation sites (tertiary alicyclic amines) is 1. The number of hydrogen-bond donors (Lipinski definition) is 1. The van der Waals surface area contributed by atoms with Gasteiger partial charge in [-0.05, 0) is 49.8 Å². The van der Waals surface area contributed by atoms with Crippen LogP contribution in [0, 0.1) is 11.8 Å². The van der Waals surface area contributed by atoms with Crippen LogP contribution in [-0.4, -0.2) is 35.5 Å². The monoisotopic (exact) mass is 317 g/mol. The third kappa shape index (κ3) is 3.19. The first-order chi connectivity index (χ1) is 11.1. The predicted molar refractivity (Wildman–Crippen MR) is 85.1 cm³/mol. The van der Waals surface area contributed by atoms with E-state index >= 15 is 0 Å². The molecule has 124 valence electrons. The van der Waals surface area contributed by atoms with E-state index in [1.54, 1.807) is 7.11 Å². The molecule has 3 rings (SSSR count). The summed E-state index contributed by atoms with van der Waals surface area (Å²) in [6, 6.07) is 7.96. The lowest BCUT2D eigenvalue weighted by molar-refractivity contribution is -0.141. The van der Waals surface area contributed by atoms with Gasteiger partial charge in [-0.3, -0.25) is 9.59 Å². The van der Waals surface area contributed by atoms with Gasteiger partial charge in [-0.1, -0.05) is 12.1 Å². The van der Waals surface area contributed by atoms with Gasteiger partial charge in [0, 0.05) is 12.5 Å². The van der Waals surface area contributed by atoms with Gasteiger partial charge in [0.05, 0.1) is 19.1 Å². The summed E-state index contributed by atoms with van der Waals surface area (Å²) < 4.78 is 5.28. The Balaban J connectivity index is 1.73. The van der Waals surface area contributed by atoms with Crippen molar-refractivity contribution in [3.8, 4) is 5.75 Å². The molecule has 1 unspecified atom stereocenters. The van der Waals surface area contributed by atoms with E-state index in [4.69, 9.17) is 9.84 Å². The lowest BCUT2D eigenvalue weighted by Crippen LogP contribution is -2.35. The Morgan fingerprint density at radius 3 is 2.70 bits per heavy atom. The van der Waals surface area contributed by atoms with Gasteiger partial charge in [0.25, 0.3) is 0 Å². The summed E-state index contributed by atoms with van der Waals surface area (Å²) in [5.41, 5.74) is 1.10. The molecule has 1 aliphatic carbocycles. The molecule has 1 saturated heterocycles. The van der Waals surface area contributed by atoms with E-state index in [0.717, 1.165) is 30.7 Å². The molecule has 0 radical (unpaired) electrons. The van der Waals surface area contributed by atoms with Crippen molar-refractivity contribution >= 4 is 11.9 Å². The number of carboxylic acids is 1. The molecule has 2 fully saturated rings. The van der Waals surface area contributed by atoms with E-state index < -0.39 is 5.97 Å². The van der Waals surface area contributed by atoms with Crippen molar-refractivity contribution in [1.82, 2.24) is 4.90 Å². The van der Waals surface area contributed by atoms with Crippen LogP contribution in [0.25, 0.3) is 0 Å². The maximum Gasteiger partial charge on any atom is 0.306 e. The van der Waals surface area contributed by atoms with Gasteiger partial charge < -0.3 is 14.7 Å². The zero-order valence-electron chi connectivity index (χ0n) is 13.4. The number of carbonyl (C=O) groups is 2. The molecule has 0 bridgehead atoms. The minimum Gasteiger partial charge on any atom is -0.497 e. The van der Waals surface area contributed by atoms with Gasteiger partial charge in [0.1, 0.15) is 5.75 Å². The van der Waals surface area contributed by atoms with Crippen molar-refractivity contribution < 1.29 is 19.4 Å². The lowest BCUT2D eigenvalue weighted by atomic mass is 10.0. The van der Waals surface area contributed by atoms with E-state index in [1.165, 1.54) is 0 Å². The third-order valence-electron chi connectivity index (χ3n) is 5.15. The smallest absolute Gasteiger partial charge is 0.306 e. The van der Waals surface area contributed by atoms with Crippen LogP contribution in [0.15, 0.2) is 24.3 Å².